The van der Waals surface area contributed by atoms with E-state index in [1.807, 2.05) is 35.1 Å². The molecule has 1 aliphatic rings. The van der Waals surface area contributed by atoms with Crippen LogP contribution in [0.15, 0.2) is 36.5 Å². The molecule has 2 aromatic rings. The zero-order valence-electron chi connectivity index (χ0n) is 11.8. The Morgan fingerprint density at radius 2 is 2.05 bits per heavy atom. The smallest absolute Gasteiger partial charge is 0.272 e. The minimum absolute atomic E-state index is 0.160. The number of carbonyl (C=O) groups is 1. The average Bonchev–Trinajstić information content (AvgIpc) is 3.16. The summed E-state index contributed by atoms with van der Waals surface area (Å²) in [6, 6.07) is 9.73. The van der Waals surface area contributed by atoms with Crippen LogP contribution in [0.4, 0.5) is 0 Å². The van der Waals surface area contributed by atoms with Crippen LogP contribution in [0, 0.1) is 0 Å². The topological polar surface area (TPSA) is 46.9 Å². The lowest BCUT2D eigenvalue weighted by molar-refractivity contribution is 0.0944. The molecule has 1 N–H and O–H groups in total. The van der Waals surface area contributed by atoms with Crippen LogP contribution in [-0.2, 0) is 6.54 Å². The van der Waals surface area contributed by atoms with Gasteiger partial charge in [-0.2, -0.15) is 5.10 Å². The molecule has 0 radical (unpaired) electrons. The average molecular weight is 304 g/mol. The summed E-state index contributed by atoms with van der Waals surface area (Å²) in [5.41, 5.74) is 1.37. The highest BCUT2D eigenvalue weighted by Gasteiger charge is 2.19. The molecule has 0 aliphatic heterocycles. The SMILES string of the molecule is O=C(NCc1ccccc1Cl)c1ccn(C2CCCC2)n1. The third-order valence-corrected chi connectivity index (χ3v) is 4.31. The maximum atomic E-state index is 12.1. The van der Waals surface area contributed by atoms with Crippen LogP contribution in [0.3, 0.4) is 0 Å². The molecule has 3 rings (SSSR count). The molecule has 1 heterocycles. The Hall–Kier alpha value is -1.81. The molecule has 0 spiro atoms. The fourth-order valence-corrected chi connectivity index (χ4v) is 2.94. The predicted octanol–water partition coefficient (Wildman–Crippen LogP) is 3.58. The molecule has 0 bridgehead atoms. The van der Waals surface area contributed by atoms with Gasteiger partial charge in [0.05, 0.1) is 6.04 Å². The number of halogens is 1. The number of hydrogen-bond donors (Lipinski definition) is 1. The highest BCUT2D eigenvalue weighted by atomic mass is 35.5. The molecule has 4 nitrogen and oxygen atoms in total. The molecule has 1 fully saturated rings. The van der Waals surface area contributed by atoms with Crippen LogP contribution in [0.2, 0.25) is 5.02 Å². The maximum absolute atomic E-state index is 12.1. The molecule has 1 saturated carbocycles. The van der Waals surface area contributed by atoms with E-state index < -0.39 is 0 Å². The van der Waals surface area contributed by atoms with E-state index in [4.69, 9.17) is 11.6 Å². The summed E-state index contributed by atoms with van der Waals surface area (Å²) in [5.74, 6) is -0.160. The molecule has 0 atom stereocenters. The molecule has 0 saturated heterocycles. The van der Waals surface area contributed by atoms with Gasteiger partial charge >= 0.3 is 0 Å². The van der Waals surface area contributed by atoms with Gasteiger partial charge in [0.25, 0.3) is 5.91 Å². The maximum Gasteiger partial charge on any atom is 0.272 e. The minimum atomic E-state index is -0.160. The zero-order valence-corrected chi connectivity index (χ0v) is 12.5. The van der Waals surface area contributed by atoms with Crippen molar-refractivity contribution in [1.29, 1.82) is 0 Å². The van der Waals surface area contributed by atoms with E-state index in [0.29, 0.717) is 23.3 Å². The summed E-state index contributed by atoms with van der Waals surface area (Å²) in [4.78, 5) is 12.1. The summed E-state index contributed by atoms with van der Waals surface area (Å²) in [7, 11) is 0. The summed E-state index contributed by atoms with van der Waals surface area (Å²) < 4.78 is 1.93. The van der Waals surface area contributed by atoms with Crippen LogP contribution < -0.4 is 5.32 Å². The predicted molar refractivity (Wildman–Crippen MR) is 82.4 cm³/mol. The number of carbonyl (C=O) groups excluding carboxylic acids is 1. The van der Waals surface area contributed by atoms with Gasteiger partial charge < -0.3 is 5.32 Å². The van der Waals surface area contributed by atoms with Gasteiger partial charge in [0, 0.05) is 17.8 Å². The van der Waals surface area contributed by atoms with Gasteiger partial charge in [0.15, 0.2) is 0 Å². The molecule has 1 aliphatic carbocycles. The number of benzene rings is 1. The van der Waals surface area contributed by atoms with E-state index >= 15 is 0 Å². The molecule has 5 heteroatoms. The van der Waals surface area contributed by atoms with Crippen molar-refractivity contribution < 1.29 is 4.79 Å². The van der Waals surface area contributed by atoms with Crippen LogP contribution >= 0.6 is 11.6 Å². The fraction of sp³-hybridized carbons (Fsp3) is 0.375. The third-order valence-electron chi connectivity index (χ3n) is 3.94. The molecular weight excluding hydrogens is 286 g/mol. The van der Waals surface area contributed by atoms with Crippen molar-refractivity contribution in [2.75, 3.05) is 0 Å². The molecule has 110 valence electrons. The number of nitrogens with zero attached hydrogens (tertiary/aromatic N) is 2. The van der Waals surface area contributed by atoms with Gasteiger partial charge in [0.1, 0.15) is 5.69 Å². The van der Waals surface area contributed by atoms with E-state index in [1.54, 1.807) is 6.07 Å². The quantitative estimate of drug-likeness (QED) is 0.938. The first-order valence-electron chi connectivity index (χ1n) is 7.31. The lowest BCUT2D eigenvalue weighted by Gasteiger charge is -2.09. The van der Waals surface area contributed by atoms with Gasteiger partial charge in [-0.25, -0.2) is 0 Å². The third kappa shape index (κ3) is 3.27. The molecule has 1 amide bonds. The van der Waals surface area contributed by atoms with Crippen LogP contribution in [0.5, 0.6) is 0 Å². The van der Waals surface area contributed by atoms with Crippen molar-refractivity contribution in [2.45, 2.75) is 38.3 Å². The van der Waals surface area contributed by atoms with Crippen molar-refractivity contribution in [2.24, 2.45) is 0 Å². The first kappa shape index (κ1) is 14.1. The fourth-order valence-electron chi connectivity index (χ4n) is 2.74. The lowest BCUT2D eigenvalue weighted by Crippen LogP contribution is -2.23. The Morgan fingerprint density at radius 3 is 2.81 bits per heavy atom. The lowest BCUT2D eigenvalue weighted by atomic mass is 10.2. The highest BCUT2D eigenvalue weighted by molar-refractivity contribution is 6.31. The van der Waals surface area contributed by atoms with E-state index in [-0.39, 0.29) is 5.91 Å². The van der Waals surface area contributed by atoms with Crippen LogP contribution in [0.1, 0.15) is 47.8 Å². The molecular formula is C16H18ClN3O. The van der Waals surface area contributed by atoms with Crippen molar-refractivity contribution in [3.63, 3.8) is 0 Å². The zero-order chi connectivity index (χ0) is 14.7. The second kappa shape index (κ2) is 6.31. The first-order chi connectivity index (χ1) is 10.2. The van der Waals surface area contributed by atoms with Gasteiger partial charge in [-0.3, -0.25) is 9.48 Å². The van der Waals surface area contributed by atoms with Crippen molar-refractivity contribution in [3.05, 3.63) is 52.8 Å². The van der Waals surface area contributed by atoms with Crippen LogP contribution in [-0.4, -0.2) is 15.7 Å². The molecule has 1 aromatic carbocycles. The second-order valence-corrected chi connectivity index (χ2v) is 5.80. The van der Waals surface area contributed by atoms with Crippen molar-refractivity contribution in [3.8, 4) is 0 Å². The normalized spacial score (nSPS) is 15.3. The van der Waals surface area contributed by atoms with E-state index in [1.165, 1.54) is 12.8 Å². The first-order valence-corrected chi connectivity index (χ1v) is 7.68. The van der Waals surface area contributed by atoms with Gasteiger partial charge in [-0.05, 0) is 30.5 Å². The van der Waals surface area contributed by atoms with Crippen molar-refractivity contribution in [1.82, 2.24) is 15.1 Å². The minimum Gasteiger partial charge on any atom is -0.347 e. The van der Waals surface area contributed by atoms with E-state index in [0.717, 1.165) is 18.4 Å². The summed E-state index contributed by atoms with van der Waals surface area (Å²) in [6.45, 7) is 0.412. The van der Waals surface area contributed by atoms with Crippen LogP contribution in [0.25, 0.3) is 0 Å². The number of aromatic nitrogens is 2. The number of nitrogens with one attached hydrogen (secondary N) is 1. The van der Waals surface area contributed by atoms with Gasteiger partial charge in [-0.1, -0.05) is 42.6 Å². The number of amides is 1. The molecule has 21 heavy (non-hydrogen) atoms. The Balaban J connectivity index is 1.62. The summed E-state index contributed by atoms with van der Waals surface area (Å²) in [5, 5.41) is 7.92. The molecule has 1 aromatic heterocycles. The summed E-state index contributed by atoms with van der Waals surface area (Å²) >= 11 is 6.07. The largest absolute Gasteiger partial charge is 0.347 e. The van der Waals surface area contributed by atoms with Gasteiger partial charge in [-0.15, -0.1) is 0 Å². The van der Waals surface area contributed by atoms with Crippen molar-refractivity contribution >= 4 is 17.5 Å². The Labute approximate surface area is 129 Å². The van der Waals surface area contributed by atoms with Gasteiger partial charge in [0.2, 0.25) is 0 Å². The van der Waals surface area contributed by atoms with E-state index in [2.05, 4.69) is 10.4 Å². The highest BCUT2D eigenvalue weighted by Crippen LogP contribution is 2.28. The van der Waals surface area contributed by atoms with E-state index in [9.17, 15) is 4.79 Å². The Morgan fingerprint density at radius 1 is 1.29 bits per heavy atom. The second-order valence-electron chi connectivity index (χ2n) is 5.39. The number of rotatable bonds is 4. The Bertz CT molecular complexity index is 632. The summed E-state index contributed by atoms with van der Waals surface area (Å²) in [6.07, 6.45) is 6.71. The molecule has 0 unspecified atom stereocenters. The Kier molecular flexibility index (Phi) is 4.25. The monoisotopic (exact) mass is 303 g/mol. The number of hydrogen-bond acceptors (Lipinski definition) is 2. The standard InChI is InChI=1S/C16H18ClN3O/c17-14-8-4-1-5-12(14)11-18-16(21)15-9-10-20(19-15)13-6-2-3-7-13/h1,4-5,8-10,13H,2-3,6-7,11H2,(H,18,21).